The molecule has 1 aliphatic carbocycles. The fourth-order valence-electron chi connectivity index (χ4n) is 6.14. The first-order valence-corrected chi connectivity index (χ1v) is 13.0. The maximum Gasteiger partial charge on any atom is 0.410 e. The van der Waals surface area contributed by atoms with E-state index in [9.17, 15) is 9.59 Å². The molecule has 0 N–H and O–H groups in total. The Bertz CT molecular complexity index is 681. The molecule has 0 aromatic carbocycles. The number of carbonyl (C=O) groups is 2. The van der Waals surface area contributed by atoms with Crippen LogP contribution in [0.2, 0.25) is 0 Å². The molecule has 4 saturated heterocycles. The summed E-state index contributed by atoms with van der Waals surface area (Å²) in [5.41, 5.74) is 0.417. The Balaban J connectivity index is 1.18. The van der Waals surface area contributed by atoms with Gasteiger partial charge in [0.25, 0.3) is 0 Å². The molecule has 1 spiro atoms. The van der Waals surface area contributed by atoms with Gasteiger partial charge in [0, 0.05) is 31.6 Å². The zero-order valence-electron chi connectivity index (χ0n) is 20.4. The van der Waals surface area contributed by atoms with Gasteiger partial charge < -0.3 is 24.0 Å². The normalized spacial score (nSPS) is 30.0. The third kappa shape index (κ3) is 6.10. The zero-order chi connectivity index (χ0) is 23.3. The van der Waals surface area contributed by atoms with Crippen LogP contribution in [0.5, 0.6) is 0 Å². The van der Waals surface area contributed by atoms with Crippen LogP contribution in [0.3, 0.4) is 0 Å². The Morgan fingerprint density at radius 1 is 1.06 bits per heavy atom. The summed E-state index contributed by atoms with van der Waals surface area (Å²) in [6.45, 7) is 10.5. The van der Waals surface area contributed by atoms with E-state index in [0.29, 0.717) is 19.1 Å². The van der Waals surface area contributed by atoms with Crippen LogP contribution in [-0.4, -0.2) is 80.0 Å². The van der Waals surface area contributed by atoms with Gasteiger partial charge in [-0.2, -0.15) is 0 Å². The van der Waals surface area contributed by atoms with Crippen molar-refractivity contribution in [3.8, 4) is 0 Å². The number of hydrogen-bond acceptors (Lipinski definition) is 5. The highest BCUT2D eigenvalue weighted by Crippen LogP contribution is 2.44. The molecular weight excluding hydrogens is 420 g/mol. The van der Waals surface area contributed by atoms with Crippen molar-refractivity contribution >= 4 is 12.0 Å². The molecule has 0 radical (unpaired) electrons. The van der Waals surface area contributed by atoms with Crippen molar-refractivity contribution in [2.24, 2.45) is 10.8 Å². The first-order chi connectivity index (χ1) is 15.9. The Kier molecular flexibility index (Phi) is 8.00. The molecule has 4 heterocycles. The van der Waals surface area contributed by atoms with Crippen LogP contribution in [0.25, 0.3) is 0 Å². The second kappa shape index (κ2) is 10.8. The molecule has 0 aromatic heterocycles. The Morgan fingerprint density at radius 2 is 1.76 bits per heavy atom. The first kappa shape index (κ1) is 24.5. The molecule has 7 nitrogen and oxygen atoms in total. The summed E-state index contributed by atoms with van der Waals surface area (Å²) < 4.78 is 17.3. The molecule has 0 unspecified atom stereocenters. The van der Waals surface area contributed by atoms with Gasteiger partial charge in [-0.05, 0) is 70.1 Å². The third-order valence-electron chi connectivity index (χ3n) is 8.56. The fourth-order valence-corrected chi connectivity index (χ4v) is 6.14. The van der Waals surface area contributed by atoms with Gasteiger partial charge in [0.1, 0.15) is 6.61 Å². The van der Waals surface area contributed by atoms with Crippen LogP contribution in [0.15, 0.2) is 12.7 Å². The van der Waals surface area contributed by atoms with E-state index >= 15 is 0 Å². The molecule has 0 aromatic rings. The number of nitrogens with zero attached hydrogens (tertiary/aromatic N) is 2. The summed E-state index contributed by atoms with van der Waals surface area (Å²) in [5.74, 6) is 0.210. The van der Waals surface area contributed by atoms with E-state index in [0.717, 1.165) is 77.7 Å². The second-order valence-electron chi connectivity index (χ2n) is 10.9. The van der Waals surface area contributed by atoms with Crippen molar-refractivity contribution in [3.05, 3.63) is 12.7 Å². The standard InChI is InChI=1S/C26H42N2O5/c1-3-17-31-24(30)28-13-4-7-25(12-16-28)10-14-27(15-11-25)23(29)18-21(2)32-19-26-8-5-22(6-9-26)33-20-26/h3,21-22H,1,4-20H2,2H3/t21-,22?,26?/m1/s1. The van der Waals surface area contributed by atoms with Crippen molar-refractivity contribution in [3.63, 3.8) is 0 Å². The van der Waals surface area contributed by atoms with Crippen molar-refractivity contribution in [2.75, 3.05) is 46.0 Å². The average molecular weight is 463 g/mol. The highest BCUT2D eigenvalue weighted by atomic mass is 16.6. The lowest BCUT2D eigenvalue weighted by atomic mass is 9.72. The van der Waals surface area contributed by atoms with Gasteiger partial charge in [-0.15, -0.1) is 0 Å². The van der Waals surface area contributed by atoms with E-state index in [1.54, 1.807) is 6.08 Å². The minimum atomic E-state index is -0.235. The molecule has 1 atom stereocenters. The molecule has 5 fully saturated rings. The molecule has 5 rings (SSSR count). The third-order valence-corrected chi connectivity index (χ3v) is 8.56. The SMILES string of the molecule is C=CCOC(=O)N1CCCC2(CCN(C(=O)C[C@@H](C)OCC34CCC(CC3)OC4)CC2)CC1. The number of ether oxygens (including phenoxy) is 3. The minimum absolute atomic E-state index is 0.0598. The highest BCUT2D eigenvalue weighted by Gasteiger charge is 2.42. The van der Waals surface area contributed by atoms with E-state index in [2.05, 4.69) is 6.58 Å². The quantitative estimate of drug-likeness (QED) is 0.532. The summed E-state index contributed by atoms with van der Waals surface area (Å²) in [5, 5.41) is 0. The molecule has 4 aliphatic heterocycles. The number of likely N-dealkylation sites (tertiary alicyclic amines) is 2. The summed E-state index contributed by atoms with van der Waals surface area (Å²) in [6, 6.07) is 0. The largest absolute Gasteiger partial charge is 0.445 e. The van der Waals surface area contributed by atoms with E-state index < -0.39 is 0 Å². The predicted molar refractivity (Wildman–Crippen MR) is 126 cm³/mol. The molecule has 2 bridgehead atoms. The molecule has 2 amide bonds. The molecule has 5 aliphatic rings. The van der Waals surface area contributed by atoms with Crippen molar-refractivity contribution < 1.29 is 23.8 Å². The van der Waals surface area contributed by atoms with Crippen LogP contribution in [0.1, 0.15) is 71.1 Å². The lowest BCUT2D eigenvalue weighted by Crippen LogP contribution is -2.46. The van der Waals surface area contributed by atoms with Crippen molar-refractivity contribution in [2.45, 2.75) is 83.3 Å². The lowest BCUT2D eigenvalue weighted by molar-refractivity contribution is -0.153. The van der Waals surface area contributed by atoms with Gasteiger partial charge >= 0.3 is 6.09 Å². The lowest BCUT2D eigenvalue weighted by Gasteiger charge is -2.46. The van der Waals surface area contributed by atoms with Gasteiger partial charge in [0.15, 0.2) is 0 Å². The Hall–Kier alpha value is -1.60. The average Bonchev–Trinajstić information content (AvgIpc) is 3.05. The van der Waals surface area contributed by atoms with E-state index in [4.69, 9.17) is 14.2 Å². The summed E-state index contributed by atoms with van der Waals surface area (Å²) in [7, 11) is 0. The van der Waals surface area contributed by atoms with Crippen molar-refractivity contribution in [1.82, 2.24) is 9.80 Å². The molecular formula is C26H42N2O5. The van der Waals surface area contributed by atoms with Gasteiger partial charge in [0.05, 0.1) is 31.8 Å². The number of carbonyl (C=O) groups excluding carboxylic acids is 2. The smallest absolute Gasteiger partial charge is 0.410 e. The number of hydrogen-bond donors (Lipinski definition) is 0. The maximum absolute atomic E-state index is 12.9. The van der Waals surface area contributed by atoms with Gasteiger partial charge in [-0.25, -0.2) is 4.79 Å². The fraction of sp³-hybridized carbons (Fsp3) is 0.846. The highest BCUT2D eigenvalue weighted by molar-refractivity contribution is 5.76. The van der Waals surface area contributed by atoms with Gasteiger partial charge in [-0.1, -0.05) is 12.7 Å². The Labute approximate surface area is 198 Å². The van der Waals surface area contributed by atoms with Crippen LogP contribution >= 0.6 is 0 Å². The second-order valence-corrected chi connectivity index (χ2v) is 10.9. The Morgan fingerprint density at radius 3 is 2.39 bits per heavy atom. The molecule has 33 heavy (non-hydrogen) atoms. The van der Waals surface area contributed by atoms with Crippen molar-refractivity contribution in [1.29, 1.82) is 0 Å². The van der Waals surface area contributed by atoms with Crippen LogP contribution < -0.4 is 0 Å². The monoisotopic (exact) mass is 462 g/mol. The predicted octanol–water partition coefficient (Wildman–Crippen LogP) is 4.16. The number of amides is 2. The summed E-state index contributed by atoms with van der Waals surface area (Å²) in [4.78, 5) is 29.0. The van der Waals surface area contributed by atoms with Crippen LogP contribution in [0, 0.1) is 10.8 Å². The van der Waals surface area contributed by atoms with E-state index in [1.165, 1.54) is 12.8 Å². The molecule has 186 valence electrons. The zero-order valence-corrected chi connectivity index (χ0v) is 20.4. The molecule has 1 saturated carbocycles. The van der Waals surface area contributed by atoms with Crippen LogP contribution in [-0.2, 0) is 19.0 Å². The summed E-state index contributed by atoms with van der Waals surface area (Å²) >= 11 is 0. The van der Waals surface area contributed by atoms with E-state index in [1.807, 2.05) is 16.7 Å². The molecule has 7 heteroatoms. The first-order valence-electron chi connectivity index (χ1n) is 13.0. The topological polar surface area (TPSA) is 68.3 Å². The van der Waals surface area contributed by atoms with Gasteiger partial charge in [0.2, 0.25) is 5.91 Å². The maximum atomic E-state index is 12.9. The van der Waals surface area contributed by atoms with Gasteiger partial charge in [-0.3, -0.25) is 4.79 Å². The summed E-state index contributed by atoms with van der Waals surface area (Å²) in [6.07, 6.45) is 12.1. The van der Waals surface area contributed by atoms with E-state index in [-0.39, 0.29) is 35.5 Å². The number of piperidine rings is 1. The minimum Gasteiger partial charge on any atom is -0.445 e. The number of fused-ring (bicyclic) bond motifs is 3. The number of rotatable bonds is 7. The van der Waals surface area contributed by atoms with Crippen LogP contribution in [0.4, 0.5) is 4.79 Å².